The number of Topliss-reactive ketones (excluding diaryl/α,β-unsaturated/α-hetero) is 1. The van der Waals surface area contributed by atoms with E-state index in [1.807, 2.05) is 13.0 Å². The van der Waals surface area contributed by atoms with Gasteiger partial charge in [-0.3, -0.25) is 4.79 Å². The van der Waals surface area contributed by atoms with Gasteiger partial charge >= 0.3 is 0 Å². The van der Waals surface area contributed by atoms with Crippen molar-refractivity contribution >= 4 is 5.78 Å². The third-order valence-corrected chi connectivity index (χ3v) is 8.57. The van der Waals surface area contributed by atoms with E-state index in [0.717, 1.165) is 25.7 Å². The number of allylic oxidation sites excluding steroid dienone is 1. The van der Waals surface area contributed by atoms with Gasteiger partial charge < -0.3 is 5.11 Å². The molecule has 0 radical (unpaired) electrons. The molecule has 2 nitrogen and oxygen atoms in total. The zero-order valence-electron chi connectivity index (χ0n) is 14.6. The lowest BCUT2D eigenvalue weighted by molar-refractivity contribution is -0.158. The van der Waals surface area contributed by atoms with Crippen LogP contribution in [0.4, 0.5) is 4.39 Å². The Hall–Kier alpha value is -0.700. The Balaban J connectivity index is 1.79. The fourth-order valence-corrected chi connectivity index (χ4v) is 6.57. The molecule has 3 fully saturated rings. The third kappa shape index (κ3) is 1.75. The van der Waals surface area contributed by atoms with Crippen molar-refractivity contribution in [2.45, 2.75) is 77.0 Å². The van der Waals surface area contributed by atoms with E-state index < -0.39 is 16.7 Å². The fourth-order valence-electron chi connectivity index (χ4n) is 6.57. The summed E-state index contributed by atoms with van der Waals surface area (Å²) in [7, 11) is 0. The molecule has 7 atom stereocenters. The van der Waals surface area contributed by atoms with E-state index in [2.05, 4.69) is 13.8 Å². The van der Waals surface area contributed by atoms with Gasteiger partial charge in [0.25, 0.3) is 0 Å². The van der Waals surface area contributed by atoms with Gasteiger partial charge in [0.15, 0.2) is 0 Å². The van der Waals surface area contributed by atoms with Crippen molar-refractivity contribution < 1.29 is 14.3 Å². The first-order valence-corrected chi connectivity index (χ1v) is 9.27. The van der Waals surface area contributed by atoms with Crippen LogP contribution in [0, 0.1) is 28.6 Å². The summed E-state index contributed by atoms with van der Waals surface area (Å²) in [6.45, 7) is 6.10. The second-order valence-corrected chi connectivity index (χ2v) is 9.34. The molecule has 4 aliphatic rings. The maximum Gasteiger partial charge on any atom is 0.137 e. The van der Waals surface area contributed by atoms with Crippen LogP contribution in [0.3, 0.4) is 0 Å². The van der Waals surface area contributed by atoms with Crippen molar-refractivity contribution in [2.75, 3.05) is 0 Å². The summed E-state index contributed by atoms with van der Waals surface area (Å²) < 4.78 is 16.4. The number of rotatable bonds is 0. The molecule has 3 saturated carbocycles. The third-order valence-electron chi connectivity index (χ3n) is 8.57. The van der Waals surface area contributed by atoms with E-state index in [0.29, 0.717) is 25.0 Å². The van der Waals surface area contributed by atoms with Crippen molar-refractivity contribution in [3.63, 3.8) is 0 Å². The van der Waals surface area contributed by atoms with E-state index >= 15 is 4.39 Å². The smallest absolute Gasteiger partial charge is 0.137 e. The predicted octanol–water partition coefficient (Wildman–Crippen LogP) is 4.22. The van der Waals surface area contributed by atoms with Crippen molar-refractivity contribution in [1.29, 1.82) is 0 Å². The second-order valence-electron chi connectivity index (χ2n) is 9.34. The highest BCUT2D eigenvalue weighted by Gasteiger charge is 2.68. The fraction of sp³-hybridized carbons (Fsp3) is 0.850. The zero-order chi connectivity index (χ0) is 16.7. The Morgan fingerprint density at radius 3 is 2.57 bits per heavy atom. The quantitative estimate of drug-likeness (QED) is 0.679. The molecule has 128 valence electrons. The van der Waals surface area contributed by atoms with Crippen LogP contribution in [0.25, 0.3) is 0 Å². The van der Waals surface area contributed by atoms with Crippen molar-refractivity contribution in [2.24, 2.45) is 28.6 Å². The number of ketones is 1. The van der Waals surface area contributed by atoms with Crippen molar-refractivity contribution in [3.05, 3.63) is 12.2 Å². The zero-order valence-corrected chi connectivity index (χ0v) is 14.6. The Bertz CT molecular complexity index is 582. The molecule has 0 bridgehead atoms. The average molecular weight is 320 g/mol. The number of halogens is 1. The molecule has 0 heterocycles. The Labute approximate surface area is 138 Å². The van der Waals surface area contributed by atoms with E-state index in [4.69, 9.17) is 0 Å². The topological polar surface area (TPSA) is 37.3 Å². The summed E-state index contributed by atoms with van der Waals surface area (Å²) in [5.74, 6) is 0.688. The normalized spacial score (nSPS) is 58.5. The molecule has 0 aliphatic heterocycles. The first-order valence-electron chi connectivity index (χ1n) is 9.27. The summed E-state index contributed by atoms with van der Waals surface area (Å²) >= 11 is 0. The van der Waals surface area contributed by atoms with Crippen LogP contribution in [0.2, 0.25) is 0 Å². The summed E-state index contributed by atoms with van der Waals surface area (Å²) in [5.41, 5.74) is -2.80. The highest BCUT2D eigenvalue weighted by molar-refractivity contribution is 5.79. The van der Waals surface area contributed by atoms with Crippen molar-refractivity contribution in [3.8, 4) is 0 Å². The first kappa shape index (κ1) is 15.8. The van der Waals surface area contributed by atoms with Crippen LogP contribution >= 0.6 is 0 Å². The molecule has 1 N–H and O–H groups in total. The molecule has 23 heavy (non-hydrogen) atoms. The second kappa shape index (κ2) is 4.47. The summed E-state index contributed by atoms with van der Waals surface area (Å²) in [6, 6.07) is 0. The van der Waals surface area contributed by atoms with Crippen LogP contribution in [0.15, 0.2) is 12.2 Å². The maximum atomic E-state index is 16.4. The van der Waals surface area contributed by atoms with Gasteiger partial charge in [0.2, 0.25) is 0 Å². The summed E-state index contributed by atoms with van der Waals surface area (Å²) in [5, 5.41) is 10.8. The highest BCUT2D eigenvalue weighted by Crippen LogP contribution is 2.68. The molecular formula is C20H29FO2. The minimum absolute atomic E-state index is 0.0130. The lowest BCUT2D eigenvalue weighted by Crippen LogP contribution is -2.62. The van der Waals surface area contributed by atoms with Gasteiger partial charge in [-0.15, -0.1) is 0 Å². The highest BCUT2D eigenvalue weighted by atomic mass is 19.1. The van der Waals surface area contributed by atoms with E-state index in [1.165, 1.54) is 0 Å². The summed E-state index contributed by atoms with van der Waals surface area (Å²) in [6.07, 6.45) is 9.02. The molecule has 0 amide bonds. The number of hydrogen-bond acceptors (Lipinski definition) is 2. The van der Waals surface area contributed by atoms with E-state index in [1.54, 1.807) is 6.08 Å². The Morgan fingerprint density at radius 1 is 1.09 bits per heavy atom. The maximum absolute atomic E-state index is 16.4. The van der Waals surface area contributed by atoms with E-state index in [-0.39, 0.29) is 23.2 Å². The summed E-state index contributed by atoms with van der Waals surface area (Å²) in [4.78, 5) is 11.9. The first-order chi connectivity index (χ1) is 10.6. The SMILES string of the molecule is C[C@]1(O)CC[C@H]2[C@@H]3CC[C@H]4CC(=O)CC[C@]4(C)[C@@]3(F)C=C[C@@]21C. The molecule has 4 rings (SSSR count). The Kier molecular flexibility index (Phi) is 3.07. The number of carbonyl (C=O) groups is 1. The molecule has 0 aromatic heterocycles. The molecule has 0 saturated heterocycles. The minimum atomic E-state index is -1.32. The number of hydrogen-bond donors (Lipinski definition) is 1. The largest absolute Gasteiger partial charge is 0.389 e. The monoisotopic (exact) mass is 320 g/mol. The number of fused-ring (bicyclic) bond motifs is 5. The molecule has 4 aliphatic carbocycles. The molecule has 3 heteroatoms. The lowest BCUT2D eigenvalue weighted by atomic mass is 9.45. The standard InChI is InChI=1S/C20H29FO2/c1-17-8-6-14(22)12-13(17)4-5-16-15-7-9-19(3,23)18(15,2)10-11-20(16,17)21/h10-11,13,15-16,23H,4-9,12H2,1-3H3/t13-,15-,16-,17-,18-,19-,20+/m0/s1. The number of carbonyl (C=O) groups excluding carboxylic acids is 1. The lowest BCUT2D eigenvalue weighted by Gasteiger charge is -2.61. The van der Waals surface area contributed by atoms with Gasteiger partial charge in [-0.2, -0.15) is 0 Å². The molecule has 0 unspecified atom stereocenters. The molecule has 0 aromatic rings. The van der Waals surface area contributed by atoms with Gasteiger partial charge in [0, 0.05) is 29.6 Å². The predicted molar refractivity (Wildman–Crippen MR) is 87.6 cm³/mol. The average Bonchev–Trinajstić information content (AvgIpc) is 2.72. The minimum Gasteiger partial charge on any atom is -0.389 e. The molecule has 0 spiro atoms. The number of alkyl halides is 1. The van der Waals surface area contributed by atoms with Crippen molar-refractivity contribution in [1.82, 2.24) is 0 Å². The number of aliphatic hydroxyl groups is 1. The van der Waals surface area contributed by atoms with Crippen LogP contribution in [-0.4, -0.2) is 22.2 Å². The van der Waals surface area contributed by atoms with Gasteiger partial charge in [-0.05, 0) is 50.9 Å². The van der Waals surface area contributed by atoms with Gasteiger partial charge in [0.05, 0.1) is 5.60 Å². The molecular weight excluding hydrogens is 291 g/mol. The van der Waals surface area contributed by atoms with Crippen LogP contribution < -0.4 is 0 Å². The Morgan fingerprint density at radius 2 is 1.83 bits per heavy atom. The van der Waals surface area contributed by atoms with Gasteiger partial charge in [0.1, 0.15) is 11.5 Å². The van der Waals surface area contributed by atoms with Gasteiger partial charge in [-0.25, -0.2) is 4.39 Å². The van der Waals surface area contributed by atoms with Crippen LogP contribution in [0.5, 0.6) is 0 Å². The molecule has 0 aromatic carbocycles. The van der Waals surface area contributed by atoms with Crippen LogP contribution in [0.1, 0.15) is 65.7 Å². The van der Waals surface area contributed by atoms with Crippen LogP contribution in [-0.2, 0) is 4.79 Å². The van der Waals surface area contributed by atoms with Gasteiger partial charge in [-0.1, -0.05) is 26.0 Å². The van der Waals surface area contributed by atoms with E-state index in [9.17, 15) is 9.90 Å².